The van der Waals surface area contributed by atoms with Crippen molar-refractivity contribution in [2.24, 2.45) is 46.2 Å². The largest absolute Gasteiger partial charge is 0.481 e. The molecule has 0 aromatic heterocycles. The SMILES string of the molecule is CC(CP(=O)(O)CC(CCC(N)=O)C(=O)O)C1CC(C)C2(C)C(C)C12C. The summed E-state index contributed by atoms with van der Waals surface area (Å²) in [5.41, 5.74) is 5.58. The van der Waals surface area contributed by atoms with E-state index < -0.39 is 25.2 Å². The van der Waals surface area contributed by atoms with Crippen molar-refractivity contribution in [2.45, 2.75) is 53.9 Å². The van der Waals surface area contributed by atoms with Crippen molar-refractivity contribution < 1.29 is 24.2 Å². The highest BCUT2D eigenvalue weighted by Crippen LogP contribution is 2.82. The summed E-state index contributed by atoms with van der Waals surface area (Å²) in [5, 5.41) is 9.30. The van der Waals surface area contributed by atoms with E-state index in [0.29, 0.717) is 23.2 Å². The molecule has 8 atom stereocenters. The Hall–Kier alpha value is -0.870. The van der Waals surface area contributed by atoms with Gasteiger partial charge in [-0.3, -0.25) is 14.2 Å². The Balaban J connectivity index is 2.03. The maximum Gasteiger partial charge on any atom is 0.307 e. The fourth-order valence-electron chi connectivity index (χ4n) is 6.10. The minimum absolute atomic E-state index is 0.0108. The summed E-state index contributed by atoms with van der Waals surface area (Å²) in [6.45, 7) is 11.2. The second kappa shape index (κ2) is 6.94. The number of hydrogen-bond acceptors (Lipinski definition) is 3. The van der Waals surface area contributed by atoms with Crippen LogP contribution in [0.2, 0.25) is 0 Å². The van der Waals surface area contributed by atoms with Crippen molar-refractivity contribution in [1.29, 1.82) is 0 Å². The van der Waals surface area contributed by atoms with Crippen LogP contribution in [0.4, 0.5) is 0 Å². The Labute approximate surface area is 156 Å². The summed E-state index contributed by atoms with van der Waals surface area (Å²) < 4.78 is 12.8. The number of hydrogen-bond donors (Lipinski definition) is 3. The lowest BCUT2D eigenvalue weighted by molar-refractivity contribution is -0.141. The van der Waals surface area contributed by atoms with Crippen molar-refractivity contribution in [1.82, 2.24) is 0 Å². The van der Waals surface area contributed by atoms with E-state index in [2.05, 4.69) is 27.7 Å². The highest BCUT2D eigenvalue weighted by Gasteiger charge is 2.77. The Morgan fingerprint density at radius 2 is 1.81 bits per heavy atom. The van der Waals surface area contributed by atoms with Crippen LogP contribution in [0.15, 0.2) is 0 Å². The molecule has 2 fully saturated rings. The van der Waals surface area contributed by atoms with E-state index in [1.807, 2.05) is 6.92 Å². The summed E-state index contributed by atoms with van der Waals surface area (Å²) in [7, 11) is -3.60. The molecule has 26 heavy (non-hydrogen) atoms. The van der Waals surface area contributed by atoms with Gasteiger partial charge in [-0.2, -0.15) is 0 Å². The molecule has 2 aliphatic rings. The lowest BCUT2D eigenvalue weighted by Crippen LogP contribution is -2.26. The zero-order chi connectivity index (χ0) is 20.1. The van der Waals surface area contributed by atoms with E-state index in [4.69, 9.17) is 5.73 Å². The number of fused-ring (bicyclic) bond motifs is 1. The van der Waals surface area contributed by atoms with E-state index in [-0.39, 0.29) is 36.5 Å². The lowest BCUT2D eigenvalue weighted by Gasteiger charge is -2.30. The van der Waals surface area contributed by atoms with E-state index in [9.17, 15) is 24.2 Å². The molecular formula is C19H34NO5P. The number of carboxylic acid groups (broad SMARTS) is 1. The Morgan fingerprint density at radius 1 is 1.23 bits per heavy atom. The Morgan fingerprint density at radius 3 is 2.23 bits per heavy atom. The second-order valence-electron chi connectivity index (χ2n) is 9.26. The number of rotatable bonds is 9. The molecule has 2 saturated carbocycles. The standard InChI is InChI=1S/C19H34NO5P/c1-11(15-8-12(2)18(4)13(3)19(15,18)5)9-26(24,25)10-14(17(22)23)6-7-16(20)21/h11-15H,6-10H2,1-5H3,(H2,20,21)(H,22,23)(H,24,25). The molecule has 0 saturated heterocycles. The Kier molecular flexibility index (Phi) is 5.72. The third-order valence-corrected chi connectivity index (χ3v) is 10.3. The minimum Gasteiger partial charge on any atom is -0.481 e. The van der Waals surface area contributed by atoms with Gasteiger partial charge in [0.2, 0.25) is 13.3 Å². The van der Waals surface area contributed by atoms with Crippen LogP contribution in [0.1, 0.15) is 53.9 Å². The van der Waals surface area contributed by atoms with Crippen LogP contribution >= 0.6 is 7.37 Å². The van der Waals surface area contributed by atoms with Crippen LogP contribution in [-0.4, -0.2) is 34.2 Å². The minimum atomic E-state index is -3.60. The first-order chi connectivity index (χ1) is 11.8. The first kappa shape index (κ1) is 21.4. The molecule has 0 spiro atoms. The summed E-state index contributed by atoms with van der Waals surface area (Å²) in [4.78, 5) is 32.8. The van der Waals surface area contributed by atoms with Crippen molar-refractivity contribution in [3.05, 3.63) is 0 Å². The van der Waals surface area contributed by atoms with Gasteiger partial charge < -0.3 is 15.7 Å². The van der Waals surface area contributed by atoms with Gasteiger partial charge in [0.1, 0.15) is 0 Å². The van der Waals surface area contributed by atoms with Crippen LogP contribution in [0, 0.1) is 40.4 Å². The topological polar surface area (TPSA) is 118 Å². The molecule has 1 amide bonds. The van der Waals surface area contributed by atoms with Gasteiger partial charge in [0.05, 0.1) is 5.92 Å². The molecule has 0 aromatic rings. The quantitative estimate of drug-likeness (QED) is 0.525. The van der Waals surface area contributed by atoms with Gasteiger partial charge in [0.25, 0.3) is 0 Å². The molecule has 2 rings (SSSR count). The van der Waals surface area contributed by atoms with E-state index in [1.54, 1.807) is 0 Å². The van der Waals surface area contributed by atoms with Gasteiger partial charge in [0, 0.05) is 18.7 Å². The van der Waals surface area contributed by atoms with Crippen molar-refractivity contribution in [3.63, 3.8) is 0 Å². The van der Waals surface area contributed by atoms with Gasteiger partial charge in [-0.1, -0.05) is 34.6 Å². The molecule has 2 aliphatic carbocycles. The summed E-state index contributed by atoms with van der Waals surface area (Å²) >= 11 is 0. The third-order valence-electron chi connectivity index (χ3n) is 8.13. The molecule has 0 heterocycles. The smallest absolute Gasteiger partial charge is 0.307 e. The van der Waals surface area contributed by atoms with E-state index in [1.165, 1.54) is 0 Å². The van der Waals surface area contributed by atoms with Gasteiger partial charge in [0.15, 0.2) is 0 Å². The normalized spacial score (nSPS) is 40.3. The van der Waals surface area contributed by atoms with Crippen LogP contribution in [0.3, 0.4) is 0 Å². The summed E-state index contributed by atoms with van der Waals surface area (Å²) in [6, 6.07) is 0. The number of aliphatic carboxylic acids is 1. The zero-order valence-electron chi connectivity index (χ0n) is 16.6. The lowest BCUT2D eigenvalue weighted by atomic mass is 9.80. The first-order valence-electron chi connectivity index (χ1n) is 9.59. The molecule has 0 aromatic carbocycles. The fraction of sp³-hybridized carbons (Fsp3) is 0.895. The summed E-state index contributed by atoms with van der Waals surface area (Å²) in [5.74, 6) is -1.09. The van der Waals surface area contributed by atoms with Crippen molar-refractivity contribution >= 4 is 19.2 Å². The molecule has 6 nitrogen and oxygen atoms in total. The van der Waals surface area contributed by atoms with Gasteiger partial charge in [-0.05, 0) is 47.3 Å². The number of carbonyl (C=O) groups excluding carboxylic acids is 1. The number of carboxylic acids is 1. The average molecular weight is 387 g/mol. The molecule has 8 unspecified atom stereocenters. The molecule has 4 N–H and O–H groups in total. The fourth-order valence-corrected chi connectivity index (χ4v) is 8.43. The maximum atomic E-state index is 12.8. The second-order valence-corrected chi connectivity index (χ2v) is 11.7. The average Bonchev–Trinajstić information content (AvgIpc) is 2.83. The van der Waals surface area contributed by atoms with Crippen LogP contribution in [-0.2, 0) is 14.2 Å². The van der Waals surface area contributed by atoms with Crippen molar-refractivity contribution in [3.8, 4) is 0 Å². The number of primary amides is 1. The van der Waals surface area contributed by atoms with Gasteiger partial charge >= 0.3 is 5.97 Å². The first-order valence-corrected chi connectivity index (χ1v) is 11.6. The molecule has 150 valence electrons. The monoisotopic (exact) mass is 387 g/mol. The molecule has 0 bridgehead atoms. The highest BCUT2D eigenvalue weighted by molar-refractivity contribution is 7.58. The molecular weight excluding hydrogens is 353 g/mol. The Bertz CT molecular complexity index is 631. The predicted octanol–water partition coefficient (Wildman–Crippen LogP) is 3.18. The van der Waals surface area contributed by atoms with Crippen LogP contribution < -0.4 is 5.73 Å². The number of amides is 1. The molecule has 7 heteroatoms. The maximum absolute atomic E-state index is 12.8. The predicted molar refractivity (Wildman–Crippen MR) is 101 cm³/mol. The third kappa shape index (κ3) is 3.47. The van der Waals surface area contributed by atoms with E-state index in [0.717, 1.165) is 6.42 Å². The van der Waals surface area contributed by atoms with Gasteiger partial charge in [-0.15, -0.1) is 0 Å². The van der Waals surface area contributed by atoms with E-state index >= 15 is 0 Å². The van der Waals surface area contributed by atoms with Crippen LogP contribution in [0.25, 0.3) is 0 Å². The highest BCUT2D eigenvalue weighted by atomic mass is 31.2. The van der Waals surface area contributed by atoms with Crippen molar-refractivity contribution in [2.75, 3.05) is 12.3 Å². The number of nitrogens with two attached hydrogens (primary N) is 1. The number of carbonyl (C=O) groups is 2. The molecule has 0 radical (unpaired) electrons. The van der Waals surface area contributed by atoms with Crippen LogP contribution in [0.5, 0.6) is 0 Å². The summed E-state index contributed by atoms with van der Waals surface area (Å²) in [6.07, 6.45) is 0.842. The van der Waals surface area contributed by atoms with Gasteiger partial charge in [-0.25, -0.2) is 0 Å². The molecule has 0 aliphatic heterocycles. The zero-order valence-corrected chi connectivity index (χ0v) is 17.5.